The predicted molar refractivity (Wildman–Crippen MR) is 81.2 cm³/mol. The van der Waals surface area contributed by atoms with E-state index in [9.17, 15) is 5.11 Å². The van der Waals surface area contributed by atoms with Gasteiger partial charge in [-0.3, -0.25) is 0 Å². The Balaban J connectivity index is 2.58. The van der Waals surface area contributed by atoms with E-state index in [1.54, 1.807) is 0 Å². The molecule has 4 heteroatoms. The summed E-state index contributed by atoms with van der Waals surface area (Å²) in [6.07, 6.45) is 0.515. The van der Waals surface area contributed by atoms with Gasteiger partial charge in [0.25, 0.3) is 0 Å². The molecule has 0 aromatic heterocycles. The molecule has 0 amide bonds. The number of aliphatic hydroxyl groups excluding tert-OH is 1. The van der Waals surface area contributed by atoms with Crippen LogP contribution in [-0.4, -0.2) is 37.6 Å². The lowest BCUT2D eigenvalue weighted by atomic mass is 10.1. The molecule has 0 saturated carbocycles. The fourth-order valence-electron chi connectivity index (χ4n) is 1.94. The van der Waals surface area contributed by atoms with Gasteiger partial charge in [-0.25, -0.2) is 0 Å². The van der Waals surface area contributed by atoms with E-state index in [1.807, 2.05) is 26.0 Å². The number of aliphatic hydroxyl groups is 1. The zero-order valence-corrected chi connectivity index (χ0v) is 12.8. The van der Waals surface area contributed by atoms with Gasteiger partial charge in [0.2, 0.25) is 0 Å². The Morgan fingerprint density at radius 1 is 1.25 bits per heavy atom. The summed E-state index contributed by atoms with van der Waals surface area (Å²) in [6, 6.07) is 6.11. The summed E-state index contributed by atoms with van der Waals surface area (Å²) in [7, 11) is 0. The Labute approximate surface area is 122 Å². The number of ether oxygens (including phenoxy) is 2. The zero-order chi connectivity index (χ0) is 14.8. The van der Waals surface area contributed by atoms with E-state index >= 15 is 0 Å². The Morgan fingerprint density at radius 2 is 2.05 bits per heavy atom. The summed E-state index contributed by atoms with van der Waals surface area (Å²) in [6.45, 7) is 9.02. The van der Waals surface area contributed by atoms with Gasteiger partial charge in [0.05, 0.1) is 6.61 Å². The topological polar surface area (TPSA) is 50.7 Å². The van der Waals surface area contributed by atoms with E-state index < -0.39 is 6.10 Å². The van der Waals surface area contributed by atoms with Gasteiger partial charge < -0.3 is 19.9 Å². The van der Waals surface area contributed by atoms with Crippen LogP contribution in [0.5, 0.6) is 5.75 Å². The van der Waals surface area contributed by atoms with Crippen molar-refractivity contribution in [2.45, 2.75) is 39.8 Å². The summed E-state index contributed by atoms with van der Waals surface area (Å²) in [4.78, 5) is 0. The first-order chi connectivity index (χ1) is 9.69. The van der Waals surface area contributed by atoms with Crippen LogP contribution in [0.25, 0.3) is 0 Å². The lowest BCUT2D eigenvalue weighted by Gasteiger charge is -2.17. The van der Waals surface area contributed by atoms with E-state index in [0.29, 0.717) is 13.2 Å². The summed E-state index contributed by atoms with van der Waals surface area (Å²) in [5.74, 6) is 0.867. The molecular weight excluding hydrogens is 254 g/mol. The molecular formula is C16H27NO3. The molecule has 1 unspecified atom stereocenters. The van der Waals surface area contributed by atoms with Gasteiger partial charge in [-0.2, -0.15) is 0 Å². The van der Waals surface area contributed by atoms with Crippen LogP contribution in [0.3, 0.4) is 0 Å². The van der Waals surface area contributed by atoms with E-state index in [2.05, 4.69) is 18.3 Å². The third-order valence-corrected chi connectivity index (χ3v) is 2.97. The smallest absolute Gasteiger partial charge is 0.126 e. The Hall–Kier alpha value is -1.10. The van der Waals surface area contributed by atoms with Crippen molar-refractivity contribution in [1.29, 1.82) is 0 Å². The Morgan fingerprint density at radius 3 is 2.75 bits per heavy atom. The highest BCUT2D eigenvalue weighted by Crippen LogP contribution is 2.23. The van der Waals surface area contributed by atoms with Crippen LogP contribution in [0.1, 0.15) is 31.4 Å². The van der Waals surface area contributed by atoms with Gasteiger partial charge in [-0.15, -0.1) is 0 Å². The fourth-order valence-corrected chi connectivity index (χ4v) is 1.94. The van der Waals surface area contributed by atoms with Gasteiger partial charge in [0.15, 0.2) is 0 Å². The molecule has 0 fully saturated rings. The fraction of sp³-hybridized carbons (Fsp3) is 0.625. The Kier molecular flexibility index (Phi) is 8.26. The minimum Gasteiger partial charge on any atom is -0.490 e. The van der Waals surface area contributed by atoms with E-state index in [-0.39, 0.29) is 6.61 Å². The van der Waals surface area contributed by atoms with Crippen molar-refractivity contribution in [3.8, 4) is 5.75 Å². The molecule has 0 heterocycles. The number of hydrogen-bond donors (Lipinski definition) is 2. The average Bonchev–Trinajstić information content (AvgIpc) is 2.44. The molecule has 0 saturated heterocycles. The third kappa shape index (κ3) is 5.90. The number of para-hydroxylation sites is 1. The maximum Gasteiger partial charge on any atom is 0.126 e. The number of aryl methyl sites for hydroxylation is 1. The molecule has 1 atom stereocenters. The second-order valence-corrected chi connectivity index (χ2v) is 4.86. The third-order valence-electron chi connectivity index (χ3n) is 2.97. The lowest BCUT2D eigenvalue weighted by molar-refractivity contribution is 0.0161. The van der Waals surface area contributed by atoms with Crippen LogP contribution in [0.4, 0.5) is 0 Å². The van der Waals surface area contributed by atoms with Crippen LogP contribution in [0, 0.1) is 6.92 Å². The van der Waals surface area contributed by atoms with E-state index in [4.69, 9.17) is 9.47 Å². The van der Waals surface area contributed by atoms with Crippen molar-refractivity contribution in [2.24, 2.45) is 0 Å². The maximum atomic E-state index is 9.77. The van der Waals surface area contributed by atoms with Crippen molar-refractivity contribution in [3.63, 3.8) is 0 Å². The van der Waals surface area contributed by atoms with Gasteiger partial charge >= 0.3 is 0 Å². The molecule has 0 aliphatic carbocycles. The van der Waals surface area contributed by atoms with Gasteiger partial charge in [-0.1, -0.05) is 25.1 Å². The van der Waals surface area contributed by atoms with Gasteiger partial charge in [0, 0.05) is 18.7 Å². The minimum atomic E-state index is -0.592. The highest BCUT2D eigenvalue weighted by molar-refractivity contribution is 5.40. The van der Waals surface area contributed by atoms with E-state index in [0.717, 1.165) is 36.4 Å². The molecule has 20 heavy (non-hydrogen) atoms. The van der Waals surface area contributed by atoms with Crippen LogP contribution in [0.15, 0.2) is 18.2 Å². The molecule has 4 nitrogen and oxygen atoms in total. The van der Waals surface area contributed by atoms with Crippen LogP contribution in [-0.2, 0) is 11.3 Å². The first-order valence-corrected chi connectivity index (χ1v) is 7.36. The quantitative estimate of drug-likeness (QED) is 0.646. The average molecular weight is 281 g/mol. The lowest BCUT2D eigenvalue weighted by Crippen LogP contribution is -2.24. The maximum absolute atomic E-state index is 9.77. The van der Waals surface area contributed by atoms with Gasteiger partial charge in [0.1, 0.15) is 18.5 Å². The van der Waals surface area contributed by atoms with Crippen molar-refractivity contribution in [1.82, 2.24) is 5.32 Å². The van der Waals surface area contributed by atoms with Crippen LogP contribution >= 0.6 is 0 Å². The number of hydrogen-bond acceptors (Lipinski definition) is 4. The van der Waals surface area contributed by atoms with Crippen molar-refractivity contribution in [3.05, 3.63) is 29.3 Å². The molecule has 0 aliphatic heterocycles. The highest BCUT2D eigenvalue weighted by Gasteiger charge is 2.10. The normalized spacial score (nSPS) is 12.4. The van der Waals surface area contributed by atoms with Crippen molar-refractivity contribution in [2.75, 3.05) is 26.4 Å². The molecule has 1 aromatic rings. The molecule has 0 radical (unpaired) electrons. The summed E-state index contributed by atoms with van der Waals surface area (Å²) in [5.41, 5.74) is 2.21. The second kappa shape index (κ2) is 9.75. The van der Waals surface area contributed by atoms with Crippen molar-refractivity contribution < 1.29 is 14.6 Å². The van der Waals surface area contributed by atoms with E-state index in [1.165, 1.54) is 0 Å². The molecule has 1 rings (SSSR count). The summed E-state index contributed by atoms with van der Waals surface area (Å²) in [5, 5.41) is 13.1. The molecule has 0 spiro atoms. The number of rotatable bonds is 10. The van der Waals surface area contributed by atoms with Crippen LogP contribution in [0.2, 0.25) is 0 Å². The molecule has 1 aromatic carbocycles. The zero-order valence-electron chi connectivity index (χ0n) is 12.8. The highest BCUT2D eigenvalue weighted by atomic mass is 16.5. The SMILES string of the molecule is CCCNCc1cccc(C)c1OCC(O)COCC. The molecule has 0 bridgehead atoms. The molecule has 0 aliphatic rings. The van der Waals surface area contributed by atoms with Gasteiger partial charge in [-0.05, 0) is 32.4 Å². The number of benzene rings is 1. The minimum absolute atomic E-state index is 0.256. The standard InChI is InChI=1S/C16H27NO3/c1-4-9-17-10-14-8-6-7-13(3)16(14)20-12-15(18)11-19-5-2/h6-8,15,17-18H,4-5,9-12H2,1-3H3. The predicted octanol–water partition coefficient (Wildman–Crippen LogP) is 2.27. The summed E-state index contributed by atoms with van der Waals surface area (Å²) >= 11 is 0. The summed E-state index contributed by atoms with van der Waals surface area (Å²) < 4.78 is 11.0. The number of nitrogens with one attached hydrogen (secondary N) is 1. The second-order valence-electron chi connectivity index (χ2n) is 4.86. The first-order valence-electron chi connectivity index (χ1n) is 7.36. The van der Waals surface area contributed by atoms with Crippen LogP contribution < -0.4 is 10.1 Å². The largest absolute Gasteiger partial charge is 0.490 e. The molecule has 2 N–H and O–H groups in total. The Bertz CT molecular complexity index is 382. The first kappa shape index (κ1) is 17.0. The van der Waals surface area contributed by atoms with Crippen molar-refractivity contribution >= 4 is 0 Å². The molecule has 114 valence electrons. The monoisotopic (exact) mass is 281 g/mol.